The number of fused-ring (bicyclic) bond motifs is 1. The zero-order valence-corrected chi connectivity index (χ0v) is 16.5. The molecule has 0 saturated carbocycles. The average Bonchev–Trinajstić information content (AvgIpc) is 3.01. The highest BCUT2D eigenvalue weighted by molar-refractivity contribution is 5.54. The third-order valence-electron chi connectivity index (χ3n) is 4.59. The van der Waals surface area contributed by atoms with Gasteiger partial charge in [0.25, 0.3) is 0 Å². The fourth-order valence-electron chi connectivity index (χ4n) is 3.26. The van der Waals surface area contributed by atoms with E-state index in [0.717, 1.165) is 23.8 Å². The number of rotatable bonds is 11. The first-order valence-electron chi connectivity index (χ1n) is 9.37. The van der Waals surface area contributed by atoms with Crippen molar-refractivity contribution in [2.24, 2.45) is 0 Å². The minimum absolute atomic E-state index is 0.281. The molecule has 0 aromatic heterocycles. The van der Waals surface area contributed by atoms with E-state index in [1.807, 2.05) is 0 Å². The summed E-state index contributed by atoms with van der Waals surface area (Å²) >= 11 is 0. The molecule has 0 spiro atoms. The largest absolute Gasteiger partial charge is 0.493 e. The smallest absolute Gasteiger partial charge is 0.231 e. The van der Waals surface area contributed by atoms with Crippen molar-refractivity contribution in [3.63, 3.8) is 0 Å². The zero-order chi connectivity index (χ0) is 18.2. The standard InChI is InChI=1S/C19H33N3O3/c1-20(2)8-6-10-22(11-7-9-21(3)4)14-16-12-17(23-5)19-18(13-16)24-15-25-19/h12-13H,6-11,14-15H2,1-5H3/p+3. The number of benzene rings is 1. The molecule has 0 fully saturated rings. The molecule has 1 aromatic carbocycles. The molecule has 6 nitrogen and oxygen atoms in total. The predicted molar refractivity (Wildman–Crippen MR) is 98.1 cm³/mol. The maximum absolute atomic E-state index is 5.57. The molecule has 1 heterocycles. The van der Waals surface area contributed by atoms with Crippen LogP contribution in [-0.2, 0) is 6.54 Å². The molecule has 3 N–H and O–H groups in total. The number of ether oxygens (including phenoxy) is 3. The third kappa shape index (κ3) is 6.38. The lowest BCUT2D eigenvalue weighted by Crippen LogP contribution is -3.13. The quantitative estimate of drug-likeness (QED) is 0.426. The SMILES string of the molecule is COc1cc(C[NH+](CCC[NH+](C)C)CCC[NH+](C)C)cc2c1OCO2. The predicted octanol–water partition coefficient (Wildman–Crippen LogP) is -2.12. The van der Waals surface area contributed by atoms with Gasteiger partial charge in [-0.1, -0.05) is 0 Å². The zero-order valence-electron chi connectivity index (χ0n) is 16.5. The Morgan fingerprint density at radius 3 is 2.12 bits per heavy atom. The van der Waals surface area contributed by atoms with Crippen molar-refractivity contribution in [1.82, 2.24) is 0 Å². The molecule has 1 aliphatic rings. The van der Waals surface area contributed by atoms with Gasteiger partial charge in [-0.2, -0.15) is 0 Å². The van der Waals surface area contributed by atoms with Crippen molar-refractivity contribution < 1.29 is 28.9 Å². The van der Waals surface area contributed by atoms with Crippen LogP contribution in [0.15, 0.2) is 12.1 Å². The summed E-state index contributed by atoms with van der Waals surface area (Å²) in [7, 11) is 10.6. The van der Waals surface area contributed by atoms with Crippen LogP contribution in [0.4, 0.5) is 0 Å². The van der Waals surface area contributed by atoms with Crippen LogP contribution < -0.4 is 28.9 Å². The van der Waals surface area contributed by atoms with Gasteiger partial charge in [0.15, 0.2) is 11.5 Å². The highest BCUT2D eigenvalue weighted by atomic mass is 16.7. The Morgan fingerprint density at radius 1 is 0.920 bits per heavy atom. The molecule has 142 valence electrons. The van der Waals surface area contributed by atoms with Gasteiger partial charge >= 0.3 is 0 Å². The maximum Gasteiger partial charge on any atom is 0.231 e. The fourth-order valence-corrected chi connectivity index (χ4v) is 3.26. The number of hydrogen-bond donors (Lipinski definition) is 3. The van der Waals surface area contributed by atoms with Crippen LogP contribution in [0.5, 0.6) is 17.2 Å². The van der Waals surface area contributed by atoms with Gasteiger partial charge in [-0.05, 0) is 12.1 Å². The average molecular weight is 355 g/mol. The summed E-state index contributed by atoms with van der Waals surface area (Å²) in [6.07, 6.45) is 2.49. The number of quaternary nitrogens is 3. The van der Waals surface area contributed by atoms with Crippen molar-refractivity contribution in [3.8, 4) is 17.2 Å². The van der Waals surface area contributed by atoms with Crippen LogP contribution in [0, 0.1) is 0 Å². The van der Waals surface area contributed by atoms with Crippen molar-refractivity contribution in [2.45, 2.75) is 19.4 Å². The first kappa shape index (κ1) is 19.8. The minimum Gasteiger partial charge on any atom is -0.493 e. The van der Waals surface area contributed by atoms with Gasteiger partial charge in [-0.3, -0.25) is 0 Å². The van der Waals surface area contributed by atoms with E-state index < -0.39 is 0 Å². The van der Waals surface area contributed by atoms with E-state index in [9.17, 15) is 0 Å². The molecule has 2 rings (SSSR count). The molecule has 1 aromatic rings. The highest BCUT2D eigenvalue weighted by Crippen LogP contribution is 2.41. The second kappa shape index (κ2) is 9.85. The molecule has 1 aliphatic heterocycles. The van der Waals surface area contributed by atoms with Crippen LogP contribution in [0.25, 0.3) is 0 Å². The molecule has 25 heavy (non-hydrogen) atoms. The van der Waals surface area contributed by atoms with E-state index in [2.05, 4.69) is 40.3 Å². The van der Waals surface area contributed by atoms with E-state index in [1.165, 1.54) is 54.4 Å². The molecular weight excluding hydrogens is 318 g/mol. The molecule has 0 radical (unpaired) electrons. The number of hydrogen-bond acceptors (Lipinski definition) is 3. The summed E-state index contributed by atoms with van der Waals surface area (Å²) in [6.45, 7) is 6.11. The van der Waals surface area contributed by atoms with Gasteiger partial charge in [0.05, 0.1) is 61.5 Å². The van der Waals surface area contributed by atoms with Crippen molar-refractivity contribution >= 4 is 0 Å². The second-order valence-electron chi connectivity index (χ2n) is 7.58. The molecule has 0 amide bonds. The lowest BCUT2D eigenvalue weighted by atomic mass is 10.1. The van der Waals surface area contributed by atoms with Crippen LogP contribution in [0.2, 0.25) is 0 Å². The summed E-state index contributed by atoms with van der Waals surface area (Å²) in [4.78, 5) is 4.66. The molecule has 0 bridgehead atoms. The Kier molecular flexibility index (Phi) is 7.81. The first-order chi connectivity index (χ1) is 12.0. The Hall–Kier alpha value is -1.50. The Bertz CT molecular complexity index is 521. The highest BCUT2D eigenvalue weighted by Gasteiger charge is 2.22. The van der Waals surface area contributed by atoms with Gasteiger partial charge in [0.2, 0.25) is 12.5 Å². The fraction of sp³-hybridized carbons (Fsp3) is 0.684. The first-order valence-corrected chi connectivity index (χ1v) is 9.37. The summed E-state index contributed by atoms with van der Waals surface area (Å²) in [6, 6.07) is 4.21. The van der Waals surface area contributed by atoms with Crippen molar-refractivity contribution in [2.75, 3.05) is 68.3 Å². The Morgan fingerprint density at radius 2 is 1.56 bits per heavy atom. The van der Waals surface area contributed by atoms with Crippen molar-refractivity contribution in [3.05, 3.63) is 17.7 Å². The van der Waals surface area contributed by atoms with Crippen LogP contribution >= 0.6 is 0 Å². The number of nitrogens with one attached hydrogen (secondary N) is 3. The number of methoxy groups -OCH3 is 1. The molecular formula is C19H36N3O3+3. The molecule has 0 atom stereocenters. The van der Waals surface area contributed by atoms with E-state index in [1.54, 1.807) is 12.0 Å². The second-order valence-corrected chi connectivity index (χ2v) is 7.58. The Labute approximate surface area is 152 Å². The van der Waals surface area contributed by atoms with Gasteiger partial charge < -0.3 is 28.9 Å². The normalized spacial score (nSPS) is 13.3. The molecule has 0 unspecified atom stereocenters. The van der Waals surface area contributed by atoms with E-state index >= 15 is 0 Å². The van der Waals surface area contributed by atoms with Crippen LogP contribution in [0.3, 0.4) is 0 Å². The monoisotopic (exact) mass is 354 g/mol. The lowest BCUT2D eigenvalue weighted by Gasteiger charge is -2.21. The summed E-state index contributed by atoms with van der Waals surface area (Å²) in [5.41, 5.74) is 1.26. The van der Waals surface area contributed by atoms with E-state index in [4.69, 9.17) is 14.2 Å². The van der Waals surface area contributed by atoms with Gasteiger partial charge in [-0.15, -0.1) is 0 Å². The van der Waals surface area contributed by atoms with E-state index in [-0.39, 0.29) is 6.79 Å². The summed E-state index contributed by atoms with van der Waals surface area (Å²) in [5.74, 6) is 2.32. The Balaban J connectivity index is 2.01. The molecule has 0 aliphatic carbocycles. The topological polar surface area (TPSA) is 41.0 Å². The van der Waals surface area contributed by atoms with Gasteiger partial charge in [0, 0.05) is 18.4 Å². The van der Waals surface area contributed by atoms with E-state index in [0.29, 0.717) is 0 Å². The lowest BCUT2D eigenvalue weighted by molar-refractivity contribution is -0.925. The minimum atomic E-state index is 0.281. The summed E-state index contributed by atoms with van der Waals surface area (Å²) < 4.78 is 16.6. The van der Waals surface area contributed by atoms with Gasteiger partial charge in [0.1, 0.15) is 6.54 Å². The van der Waals surface area contributed by atoms with Gasteiger partial charge in [-0.25, -0.2) is 0 Å². The molecule has 0 saturated heterocycles. The third-order valence-corrected chi connectivity index (χ3v) is 4.59. The van der Waals surface area contributed by atoms with Crippen LogP contribution in [-0.4, -0.2) is 68.3 Å². The maximum atomic E-state index is 5.57. The van der Waals surface area contributed by atoms with Crippen LogP contribution in [0.1, 0.15) is 18.4 Å². The molecule has 6 heteroatoms. The van der Waals surface area contributed by atoms with Crippen molar-refractivity contribution in [1.29, 1.82) is 0 Å². The summed E-state index contributed by atoms with van der Waals surface area (Å²) in [5, 5.41) is 0.